The molecule has 0 bridgehead atoms. The highest BCUT2D eigenvalue weighted by Gasteiger charge is 2.17. The monoisotopic (exact) mass is 324 g/mol. The molecule has 4 heterocycles. The van der Waals surface area contributed by atoms with Gasteiger partial charge in [0.2, 0.25) is 10.8 Å². The van der Waals surface area contributed by atoms with Crippen molar-refractivity contribution < 1.29 is 4.42 Å². The summed E-state index contributed by atoms with van der Waals surface area (Å²) >= 11 is 3.19. The largest absolute Gasteiger partial charge is 0.453 e. The quantitative estimate of drug-likeness (QED) is 0.485. The first kappa shape index (κ1) is 12.1. The molecular weight excluding hydrogens is 316 g/mol. The zero-order chi connectivity index (χ0) is 14.5. The molecule has 0 fully saturated rings. The van der Waals surface area contributed by atoms with Gasteiger partial charge >= 0.3 is 0 Å². The van der Waals surface area contributed by atoms with E-state index < -0.39 is 0 Å². The number of nitrogens with zero attached hydrogens (tertiary/aromatic N) is 4. The van der Waals surface area contributed by atoms with Crippen molar-refractivity contribution in [3.8, 4) is 21.5 Å². The summed E-state index contributed by atoms with van der Waals surface area (Å²) in [7, 11) is 0. The average Bonchev–Trinajstić information content (AvgIpc) is 3.28. The first-order valence-corrected chi connectivity index (χ1v) is 8.33. The lowest BCUT2D eigenvalue weighted by Gasteiger charge is -1.90. The Hall–Kier alpha value is -2.51. The Kier molecular flexibility index (Phi) is 2.46. The van der Waals surface area contributed by atoms with E-state index in [-0.39, 0.29) is 0 Å². The van der Waals surface area contributed by atoms with Gasteiger partial charge in [-0.15, -0.1) is 21.5 Å². The van der Waals surface area contributed by atoms with Crippen LogP contribution in [0.1, 0.15) is 0 Å². The van der Waals surface area contributed by atoms with E-state index in [0.717, 1.165) is 25.8 Å². The molecule has 0 unspecified atom stereocenters. The molecule has 5 rings (SSSR count). The van der Waals surface area contributed by atoms with E-state index in [0.29, 0.717) is 11.6 Å². The van der Waals surface area contributed by atoms with Crippen LogP contribution < -0.4 is 0 Å². The minimum Gasteiger partial charge on any atom is -0.453 e. The van der Waals surface area contributed by atoms with Crippen molar-refractivity contribution in [2.24, 2.45) is 0 Å². The van der Waals surface area contributed by atoms with Crippen LogP contribution in [0.3, 0.4) is 0 Å². The van der Waals surface area contributed by atoms with E-state index in [4.69, 9.17) is 4.42 Å². The van der Waals surface area contributed by atoms with Crippen LogP contribution in [0.5, 0.6) is 0 Å². The Balaban J connectivity index is 1.70. The van der Waals surface area contributed by atoms with E-state index >= 15 is 0 Å². The van der Waals surface area contributed by atoms with Crippen molar-refractivity contribution in [3.63, 3.8) is 0 Å². The van der Waals surface area contributed by atoms with E-state index in [1.165, 1.54) is 11.3 Å². The number of para-hydroxylation sites is 1. The number of thiophene rings is 1. The maximum Gasteiger partial charge on any atom is 0.235 e. The lowest BCUT2D eigenvalue weighted by Crippen LogP contribution is -1.88. The highest BCUT2D eigenvalue weighted by Crippen LogP contribution is 2.32. The summed E-state index contributed by atoms with van der Waals surface area (Å²) in [5.41, 5.74) is 0.836. The van der Waals surface area contributed by atoms with Crippen LogP contribution >= 0.6 is 22.7 Å². The summed E-state index contributed by atoms with van der Waals surface area (Å²) in [4.78, 5) is 1.89. The predicted molar refractivity (Wildman–Crippen MR) is 87.2 cm³/mol. The molecule has 0 N–H and O–H groups in total. The van der Waals surface area contributed by atoms with Gasteiger partial charge in [0.1, 0.15) is 5.58 Å². The fourth-order valence-corrected chi connectivity index (χ4v) is 3.99. The second-order valence-corrected chi connectivity index (χ2v) is 6.65. The first-order chi connectivity index (χ1) is 10.9. The van der Waals surface area contributed by atoms with Crippen molar-refractivity contribution in [2.75, 3.05) is 0 Å². The molecule has 0 atom stereocenters. The van der Waals surface area contributed by atoms with Gasteiger partial charge < -0.3 is 4.42 Å². The number of aromatic nitrogens is 4. The first-order valence-electron chi connectivity index (χ1n) is 6.63. The lowest BCUT2D eigenvalue weighted by atomic mass is 10.2. The minimum absolute atomic E-state index is 0.630. The molecule has 5 aromatic rings. The molecule has 0 aliphatic heterocycles. The molecule has 0 radical (unpaired) electrons. The van der Waals surface area contributed by atoms with Crippen LogP contribution in [0.15, 0.2) is 52.3 Å². The van der Waals surface area contributed by atoms with Gasteiger partial charge in [-0.3, -0.25) is 0 Å². The van der Waals surface area contributed by atoms with Crippen molar-refractivity contribution in [1.82, 2.24) is 19.8 Å². The normalized spacial score (nSPS) is 11.6. The van der Waals surface area contributed by atoms with Gasteiger partial charge in [0.25, 0.3) is 0 Å². The summed E-state index contributed by atoms with van der Waals surface area (Å²) in [6, 6.07) is 13.9. The number of rotatable bonds is 2. The number of furan rings is 1. The fraction of sp³-hybridized carbons (Fsp3) is 0. The standard InChI is InChI=1S/C15H8N4OS2/c1-2-5-10-9(4-1)8-11(20-10)13-16-17-15-19(13)18-14(22-15)12-6-3-7-21-12/h1-8H. The molecule has 0 amide bonds. The molecular formula is C15H8N4OS2. The SMILES string of the molecule is c1csc(-c2nn3c(-c4cc5ccccc5o4)nnc3s2)c1. The molecule has 0 saturated carbocycles. The minimum atomic E-state index is 0.630. The molecule has 4 aromatic heterocycles. The van der Waals surface area contributed by atoms with E-state index in [9.17, 15) is 0 Å². The fourth-order valence-electron chi connectivity index (χ4n) is 2.36. The topological polar surface area (TPSA) is 56.2 Å². The Morgan fingerprint density at radius 3 is 2.86 bits per heavy atom. The summed E-state index contributed by atoms with van der Waals surface area (Å²) in [5, 5.41) is 17.1. The highest BCUT2D eigenvalue weighted by molar-refractivity contribution is 7.23. The van der Waals surface area contributed by atoms with Crippen LogP contribution in [0.4, 0.5) is 0 Å². The maximum atomic E-state index is 5.86. The van der Waals surface area contributed by atoms with Gasteiger partial charge in [-0.2, -0.15) is 9.61 Å². The van der Waals surface area contributed by atoms with Crippen LogP contribution in [0.25, 0.3) is 37.4 Å². The number of hydrogen-bond donors (Lipinski definition) is 0. The van der Waals surface area contributed by atoms with Crippen molar-refractivity contribution >= 4 is 38.6 Å². The van der Waals surface area contributed by atoms with Gasteiger partial charge in [0.15, 0.2) is 10.8 Å². The van der Waals surface area contributed by atoms with Gasteiger partial charge in [-0.1, -0.05) is 35.6 Å². The van der Waals surface area contributed by atoms with Crippen LogP contribution in [-0.2, 0) is 0 Å². The van der Waals surface area contributed by atoms with Gasteiger partial charge in [0, 0.05) is 5.39 Å². The third kappa shape index (κ3) is 1.73. The average molecular weight is 324 g/mol. The van der Waals surface area contributed by atoms with Crippen LogP contribution in [-0.4, -0.2) is 19.8 Å². The second-order valence-electron chi connectivity index (χ2n) is 4.75. The molecule has 5 nitrogen and oxygen atoms in total. The Morgan fingerprint density at radius 2 is 2.00 bits per heavy atom. The smallest absolute Gasteiger partial charge is 0.235 e. The molecule has 0 aliphatic carbocycles. The predicted octanol–water partition coefficient (Wildman–Crippen LogP) is 4.33. The Morgan fingerprint density at radius 1 is 1.05 bits per heavy atom. The molecule has 7 heteroatoms. The third-order valence-corrected chi connectivity index (χ3v) is 5.31. The lowest BCUT2D eigenvalue weighted by molar-refractivity contribution is 0.622. The summed E-state index contributed by atoms with van der Waals surface area (Å²) < 4.78 is 7.61. The number of fused-ring (bicyclic) bond motifs is 2. The van der Waals surface area contributed by atoms with E-state index in [1.807, 2.05) is 41.8 Å². The van der Waals surface area contributed by atoms with E-state index in [1.54, 1.807) is 15.9 Å². The molecule has 106 valence electrons. The summed E-state index contributed by atoms with van der Waals surface area (Å²) in [6.07, 6.45) is 0. The summed E-state index contributed by atoms with van der Waals surface area (Å²) in [5.74, 6) is 1.31. The zero-order valence-corrected chi connectivity index (χ0v) is 12.8. The Labute approximate surface area is 132 Å². The van der Waals surface area contributed by atoms with Crippen molar-refractivity contribution in [2.45, 2.75) is 0 Å². The molecule has 0 aliphatic rings. The number of hydrogen-bond acceptors (Lipinski definition) is 6. The highest BCUT2D eigenvalue weighted by atomic mass is 32.1. The molecule has 1 aromatic carbocycles. The van der Waals surface area contributed by atoms with Crippen LogP contribution in [0.2, 0.25) is 0 Å². The second kappa shape index (κ2) is 4.49. The zero-order valence-electron chi connectivity index (χ0n) is 11.1. The number of benzene rings is 1. The molecule has 22 heavy (non-hydrogen) atoms. The maximum absolute atomic E-state index is 5.86. The Bertz CT molecular complexity index is 1050. The summed E-state index contributed by atoms with van der Waals surface area (Å²) in [6.45, 7) is 0. The molecule has 0 saturated heterocycles. The van der Waals surface area contributed by atoms with Crippen molar-refractivity contribution in [3.05, 3.63) is 47.8 Å². The van der Waals surface area contributed by atoms with Crippen LogP contribution in [0, 0.1) is 0 Å². The van der Waals surface area contributed by atoms with E-state index in [2.05, 4.69) is 21.4 Å². The van der Waals surface area contributed by atoms with Gasteiger partial charge in [-0.25, -0.2) is 0 Å². The van der Waals surface area contributed by atoms with Crippen molar-refractivity contribution in [1.29, 1.82) is 0 Å². The van der Waals surface area contributed by atoms with Gasteiger partial charge in [-0.05, 0) is 23.6 Å². The van der Waals surface area contributed by atoms with Gasteiger partial charge in [0.05, 0.1) is 4.88 Å². The molecule has 0 spiro atoms. The third-order valence-electron chi connectivity index (χ3n) is 3.37.